The van der Waals surface area contributed by atoms with Crippen LogP contribution in [0.15, 0.2) is 12.1 Å². The van der Waals surface area contributed by atoms with Gasteiger partial charge in [0.1, 0.15) is 0 Å². The van der Waals surface area contributed by atoms with Crippen molar-refractivity contribution in [3.8, 4) is 5.75 Å². The van der Waals surface area contributed by atoms with E-state index in [0.717, 1.165) is 44.6 Å². The van der Waals surface area contributed by atoms with Gasteiger partial charge in [0.2, 0.25) is 5.82 Å². The second-order valence-electron chi connectivity index (χ2n) is 7.68. The van der Waals surface area contributed by atoms with Crippen molar-refractivity contribution in [3.05, 3.63) is 29.3 Å². The highest BCUT2D eigenvalue weighted by molar-refractivity contribution is 5.33. The molecule has 1 fully saturated rings. The number of hydrogen-bond donors (Lipinski definition) is 0. The van der Waals surface area contributed by atoms with Gasteiger partial charge in [-0.05, 0) is 56.1 Å². The zero-order chi connectivity index (χ0) is 20.2. The first-order valence-corrected chi connectivity index (χ1v) is 9.39. The minimum Gasteiger partial charge on any atom is -0.484 e. The highest BCUT2D eigenvalue weighted by atomic mass is 19.3. The molecule has 1 aromatic carbocycles. The Kier molecular flexibility index (Phi) is 7.09. The van der Waals surface area contributed by atoms with E-state index in [1.165, 1.54) is 6.07 Å². The Morgan fingerprint density at radius 3 is 2.19 bits per heavy atom. The van der Waals surface area contributed by atoms with E-state index < -0.39 is 42.3 Å². The molecule has 1 nitrogen and oxygen atoms in total. The summed E-state index contributed by atoms with van der Waals surface area (Å²) in [4.78, 5) is 0. The van der Waals surface area contributed by atoms with E-state index in [2.05, 4.69) is 11.7 Å². The lowest BCUT2D eigenvalue weighted by molar-refractivity contribution is -0.119. The minimum absolute atomic E-state index is 0.109. The van der Waals surface area contributed by atoms with Crippen LogP contribution in [0.5, 0.6) is 5.75 Å². The maximum absolute atomic E-state index is 14.4. The maximum Gasteiger partial charge on any atom is 0.287 e. The first kappa shape index (κ1) is 21.9. The van der Waals surface area contributed by atoms with Gasteiger partial charge in [0.15, 0.2) is 18.2 Å². The van der Waals surface area contributed by atoms with E-state index in [9.17, 15) is 26.3 Å². The number of halogens is 6. The molecule has 0 unspecified atom stereocenters. The lowest BCUT2D eigenvalue weighted by Gasteiger charge is -2.29. The van der Waals surface area contributed by atoms with Crippen molar-refractivity contribution in [1.82, 2.24) is 0 Å². The molecule has 1 saturated carbocycles. The summed E-state index contributed by atoms with van der Waals surface area (Å²) in [6.45, 7) is 1.05. The van der Waals surface area contributed by atoms with Crippen molar-refractivity contribution in [1.29, 1.82) is 0 Å². The molecule has 7 heteroatoms. The monoisotopic (exact) mass is 396 g/mol. The lowest BCUT2D eigenvalue weighted by Crippen LogP contribution is -2.32. The fourth-order valence-corrected chi connectivity index (χ4v) is 3.83. The van der Waals surface area contributed by atoms with Gasteiger partial charge >= 0.3 is 0 Å². The lowest BCUT2D eigenvalue weighted by atomic mass is 9.77. The molecule has 0 amide bonds. The van der Waals surface area contributed by atoms with E-state index >= 15 is 0 Å². The van der Waals surface area contributed by atoms with Crippen molar-refractivity contribution in [2.75, 3.05) is 6.61 Å². The van der Waals surface area contributed by atoms with E-state index in [0.29, 0.717) is 12.8 Å². The van der Waals surface area contributed by atoms with E-state index in [1.807, 2.05) is 0 Å². The third-order valence-corrected chi connectivity index (χ3v) is 5.07. The first-order valence-electron chi connectivity index (χ1n) is 9.39. The van der Waals surface area contributed by atoms with Crippen molar-refractivity contribution < 1.29 is 31.1 Å². The summed E-state index contributed by atoms with van der Waals surface area (Å²) in [5.41, 5.74) is 0.224. The number of alkyl halides is 4. The van der Waals surface area contributed by atoms with Gasteiger partial charge in [0, 0.05) is 0 Å². The Hall–Kier alpha value is -1.40. The second kappa shape index (κ2) is 8.74. The average Bonchev–Trinajstić information content (AvgIpc) is 2.55. The number of hydrogen-bond acceptors (Lipinski definition) is 1. The summed E-state index contributed by atoms with van der Waals surface area (Å²) < 4.78 is 85.8. The van der Waals surface area contributed by atoms with Crippen LogP contribution in [0, 0.1) is 17.6 Å². The van der Waals surface area contributed by atoms with Crippen LogP contribution < -0.4 is 4.74 Å². The van der Waals surface area contributed by atoms with Crippen LogP contribution in [0.1, 0.15) is 70.3 Å². The zero-order valence-corrected chi connectivity index (χ0v) is 15.6. The van der Waals surface area contributed by atoms with Crippen LogP contribution in [0.2, 0.25) is 0 Å². The molecular formula is C20H26F6O. The van der Waals surface area contributed by atoms with Crippen molar-refractivity contribution in [2.24, 2.45) is 5.92 Å². The Morgan fingerprint density at radius 2 is 1.63 bits per heavy atom. The van der Waals surface area contributed by atoms with Gasteiger partial charge in [-0.2, -0.15) is 4.39 Å². The standard InChI is InChI=1S/C20H26F6O/c1-3-4-13-5-7-14(8-6-13)15-9-10-16(18(22)17(15)21)27-12-20(25,26)11-19(2,23)24/h9-10,13-14H,3-8,11-12H2,1-2H3. The molecule has 0 heterocycles. The van der Waals surface area contributed by atoms with E-state index in [-0.39, 0.29) is 11.5 Å². The summed E-state index contributed by atoms with van der Waals surface area (Å²) in [6, 6.07) is 2.46. The third-order valence-electron chi connectivity index (χ3n) is 5.07. The molecule has 0 bridgehead atoms. The molecule has 1 aliphatic rings. The summed E-state index contributed by atoms with van der Waals surface area (Å²) in [5.74, 6) is -10.1. The van der Waals surface area contributed by atoms with Crippen LogP contribution in [-0.4, -0.2) is 18.5 Å². The van der Waals surface area contributed by atoms with E-state index in [1.54, 1.807) is 0 Å². The Labute approximate surface area is 156 Å². The molecule has 27 heavy (non-hydrogen) atoms. The molecule has 1 aliphatic carbocycles. The third kappa shape index (κ3) is 6.32. The quantitative estimate of drug-likeness (QED) is 0.426. The summed E-state index contributed by atoms with van der Waals surface area (Å²) in [6.07, 6.45) is 3.92. The molecule has 0 radical (unpaired) electrons. The van der Waals surface area contributed by atoms with Crippen LogP contribution >= 0.6 is 0 Å². The van der Waals surface area contributed by atoms with Crippen molar-refractivity contribution >= 4 is 0 Å². The fourth-order valence-electron chi connectivity index (χ4n) is 3.83. The maximum atomic E-state index is 14.4. The molecule has 0 N–H and O–H groups in total. The Balaban J connectivity index is 2.03. The van der Waals surface area contributed by atoms with Crippen molar-refractivity contribution in [3.63, 3.8) is 0 Å². The van der Waals surface area contributed by atoms with Crippen LogP contribution in [0.25, 0.3) is 0 Å². The Morgan fingerprint density at radius 1 is 1.00 bits per heavy atom. The van der Waals surface area contributed by atoms with Crippen LogP contribution in [-0.2, 0) is 0 Å². The number of rotatable bonds is 8. The van der Waals surface area contributed by atoms with Crippen molar-refractivity contribution in [2.45, 2.75) is 76.6 Å². The van der Waals surface area contributed by atoms with Gasteiger partial charge in [-0.3, -0.25) is 0 Å². The molecular weight excluding hydrogens is 370 g/mol. The SMILES string of the molecule is CCCC1CCC(c2ccc(OCC(F)(F)CC(C)(F)F)c(F)c2F)CC1. The minimum atomic E-state index is -3.85. The predicted molar refractivity (Wildman–Crippen MR) is 91.6 cm³/mol. The molecule has 1 aromatic rings. The van der Waals surface area contributed by atoms with Gasteiger partial charge in [0.25, 0.3) is 11.8 Å². The fraction of sp³-hybridized carbons (Fsp3) is 0.700. The van der Waals surface area contributed by atoms with E-state index in [4.69, 9.17) is 0 Å². The second-order valence-corrected chi connectivity index (χ2v) is 7.68. The smallest absolute Gasteiger partial charge is 0.287 e. The van der Waals surface area contributed by atoms with Gasteiger partial charge in [-0.15, -0.1) is 0 Å². The normalized spacial score (nSPS) is 21.3. The van der Waals surface area contributed by atoms with Gasteiger partial charge in [-0.25, -0.2) is 22.0 Å². The summed E-state index contributed by atoms with van der Waals surface area (Å²) in [7, 11) is 0. The molecule has 0 aromatic heterocycles. The number of ether oxygens (including phenoxy) is 1. The molecule has 2 rings (SSSR count). The van der Waals surface area contributed by atoms with Gasteiger partial charge < -0.3 is 4.74 Å². The van der Waals surface area contributed by atoms with Gasteiger partial charge in [-0.1, -0.05) is 25.8 Å². The van der Waals surface area contributed by atoms with Crippen LogP contribution in [0.4, 0.5) is 26.3 Å². The topological polar surface area (TPSA) is 9.23 Å². The molecule has 154 valence electrons. The Bertz CT molecular complexity index is 618. The number of benzene rings is 1. The largest absolute Gasteiger partial charge is 0.484 e. The first-order chi connectivity index (χ1) is 12.5. The molecule has 0 spiro atoms. The highest BCUT2D eigenvalue weighted by Gasteiger charge is 2.41. The summed E-state index contributed by atoms with van der Waals surface area (Å²) in [5, 5.41) is 0. The van der Waals surface area contributed by atoms with Crippen LogP contribution in [0.3, 0.4) is 0 Å². The zero-order valence-electron chi connectivity index (χ0n) is 15.6. The summed E-state index contributed by atoms with van der Waals surface area (Å²) >= 11 is 0. The predicted octanol–water partition coefficient (Wildman–Crippen LogP) is 7.10. The molecule has 0 atom stereocenters. The molecule has 0 aliphatic heterocycles. The highest BCUT2D eigenvalue weighted by Crippen LogP contribution is 2.40. The van der Waals surface area contributed by atoms with Gasteiger partial charge in [0.05, 0.1) is 6.42 Å². The molecule has 0 saturated heterocycles. The average molecular weight is 396 g/mol.